The molecule has 1 aliphatic heterocycles. The number of anilines is 1. The maximum Gasteiger partial charge on any atom is 0.356 e. The second-order valence-corrected chi connectivity index (χ2v) is 4.53. The third-order valence-electron chi connectivity index (χ3n) is 3.31. The van der Waals surface area contributed by atoms with Crippen LogP contribution in [0.2, 0.25) is 0 Å². The smallest absolute Gasteiger partial charge is 0.356 e. The van der Waals surface area contributed by atoms with Gasteiger partial charge < -0.3 is 10.4 Å². The van der Waals surface area contributed by atoms with Crippen LogP contribution in [0.25, 0.3) is 0 Å². The lowest BCUT2D eigenvalue weighted by Gasteiger charge is -2.26. The molecule has 104 valence electrons. The molecule has 0 bridgehead atoms. The van der Waals surface area contributed by atoms with E-state index in [1.807, 2.05) is 0 Å². The van der Waals surface area contributed by atoms with Crippen molar-refractivity contribution in [3.05, 3.63) is 47.2 Å². The number of rotatable bonds is 2. The predicted molar refractivity (Wildman–Crippen MR) is 66.8 cm³/mol. The fraction of sp³-hybridized carbons (Fsp3) is 0.231. The van der Waals surface area contributed by atoms with Crippen molar-refractivity contribution in [2.45, 2.75) is 12.5 Å². The second kappa shape index (κ2) is 4.59. The van der Waals surface area contributed by atoms with Crippen LogP contribution in [-0.2, 0) is 0 Å². The van der Waals surface area contributed by atoms with Crippen LogP contribution in [0.3, 0.4) is 0 Å². The number of carboxylic acids is 1. The van der Waals surface area contributed by atoms with Crippen LogP contribution < -0.4 is 5.32 Å². The molecule has 0 spiro atoms. The molecule has 3 rings (SSSR count). The molecule has 2 N–H and O–H groups in total. The maximum absolute atomic E-state index is 13.9. The first-order valence-electron chi connectivity index (χ1n) is 6.08. The summed E-state index contributed by atoms with van der Waals surface area (Å²) in [5.74, 6) is -2.05. The maximum atomic E-state index is 13.9. The molecule has 1 atom stereocenters. The number of halogens is 2. The molecule has 1 aromatic carbocycles. The zero-order valence-corrected chi connectivity index (χ0v) is 10.3. The SMILES string of the molecule is O=C(O)c1cc2n(n1)C(c1c(F)cccc1F)CCN2. The molecule has 0 radical (unpaired) electrons. The van der Waals surface area contributed by atoms with Gasteiger partial charge in [0.25, 0.3) is 0 Å². The van der Waals surface area contributed by atoms with Gasteiger partial charge in [0.15, 0.2) is 5.69 Å². The second-order valence-electron chi connectivity index (χ2n) is 4.53. The first kappa shape index (κ1) is 12.6. The minimum atomic E-state index is -1.18. The molecular weight excluding hydrogens is 268 g/mol. The van der Waals surface area contributed by atoms with Gasteiger partial charge in [0.2, 0.25) is 0 Å². The molecule has 1 aromatic heterocycles. The van der Waals surface area contributed by atoms with Crippen LogP contribution in [0.5, 0.6) is 0 Å². The Morgan fingerprint density at radius 2 is 2.10 bits per heavy atom. The van der Waals surface area contributed by atoms with Gasteiger partial charge >= 0.3 is 5.97 Å². The minimum Gasteiger partial charge on any atom is -0.476 e. The summed E-state index contributed by atoms with van der Waals surface area (Å²) in [5, 5.41) is 15.8. The number of benzene rings is 1. The molecule has 2 heterocycles. The fourth-order valence-electron chi connectivity index (χ4n) is 2.42. The van der Waals surface area contributed by atoms with E-state index >= 15 is 0 Å². The molecule has 0 fully saturated rings. The van der Waals surface area contributed by atoms with Crippen LogP contribution in [-0.4, -0.2) is 27.4 Å². The highest BCUT2D eigenvalue weighted by Crippen LogP contribution is 2.32. The third kappa shape index (κ3) is 1.91. The Kier molecular flexibility index (Phi) is 2.89. The van der Waals surface area contributed by atoms with Gasteiger partial charge in [-0.3, -0.25) is 0 Å². The molecule has 0 amide bonds. The zero-order chi connectivity index (χ0) is 14.3. The van der Waals surface area contributed by atoms with E-state index in [2.05, 4.69) is 10.4 Å². The number of fused-ring (bicyclic) bond motifs is 1. The van der Waals surface area contributed by atoms with Crippen LogP contribution >= 0.6 is 0 Å². The van der Waals surface area contributed by atoms with Crippen molar-refractivity contribution in [2.75, 3.05) is 11.9 Å². The van der Waals surface area contributed by atoms with Gasteiger partial charge in [-0.25, -0.2) is 18.3 Å². The van der Waals surface area contributed by atoms with Crippen LogP contribution in [0, 0.1) is 11.6 Å². The first-order chi connectivity index (χ1) is 9.58. The van der Waals surface area contributed by atoms with E-state index in [1.165, 1.54) is 28.9 Å². The van der Waals surface area contributed by atoms with Crippen molar-refractivity contribution in [3.63, 3.8) is 0 Å². The third-order valence-corrected chi connectivity index (χ3v) is 3.31. The van der Waals surface area contributed by atoms with Gasteiger partial charge in [0, 0.05) is 18.2 Å². The number of nitrogens with one attached hydrogen (secondary N) is 1. The van der Waals surface area contributed by atoms with Gasteiger partial charge in [-0.15, -0.1) is 0 Å². The standard InChI is InChI=1S/C13H11F2N3O2/c14-7-2-1-3-8(15)12(7)10-4-5-16-11-6-9(13(19)20)17-18(10)11/h1-3,6,10,16H,4-5H2,(H,19,20). The highest BCUT2D eigenvalue weighted by Gasteiger charge is 2.28. The highest BCUT2D eigenvalue weighted by molar-refractivity contribution is 5.86. The number of aromatic nitrogens is 2. The monoisotopic (exact) mass is 279 g/mol. The van der Waals surface area contributed by atoms with Crippen molar-refractivity contribution in [2.24, 2.45) is 0 Å². The van der Waals surface area contributed by atoms with Crippen molar-refractivity contribution < 1.29 is 18.7 Å². The highest BCUT2D eigenvalue weighted by atomic mass is 19.1. The van der Waals surface area contributed by atoms with Crippen LogP contribution in [0.4, 0.5) is 14.6 Å². The Bertz CT molecular complexity index is 664. The van der Waals surface area contributed by atoms with E-state index < -0.39 is 23.6 Å². The molecule has 2 aromatic rings. The van der Waals surface area contributed by atoms with E-state index in [0.29, 0.717) is 18.8 Å². The fourth-order valence-corrected chi connectivity index (χ4v) is 2.42. The Morgan fingerprint density at radius 3 is 2.75 bits per heavy atom. The summed E-state index contributed by atoms with van der Waals surface area (Å²) in [6.45, 7) is 0.489. The van der Waals surface area contributed by atoms with Crippen LogP contribution in [0.1, 0.15) is 28.5 Å². The average molecular weight is 279 g/mol. The molecule has 20 heavy (non-hydrogen) atoms. The van der Waals surface area contributed by atoms with Crippen LogP contribution in [0.15, 0.2) is 24.3 Å². The number of hydrogen-bond acceptors (Lipinski definition) is 3. The Labute approximate surface area is 112 Å². The predicted octanol–water partition coefficient (Wildman–Crippen LogP) is 2.26. The van der Waals surface area contributed by atoms with E-state index in [9.17, 15) is 13.6 Å². The Morgan fingerprint density at radius 1 is 1.40 bits per heavy atom. The lowest BCUT2D eigenvalue weighted by atomic mass is 10.0. The van der Waals surface area contributed by atoms with Crippen molar-refractivity contribution in [1.82, 2.24) is 9.78 Å². The van der Waals surface area contributed by atoms with Crippen molar-refractivity contribution in [1.29, 1.82) is 0 Å². The number of hydrogen-bond donors (Lipinski definition) is 2. The van der Waals surface area contributed by atoms with E-state index in [1.54, 1.807) is 0 Å². The Hall–Kier alpha value is -2.44. The van der Waals surface area contributed by atoms with Gasteiger partial charge in [-0.1, -0.05) is 6.07 Å². The molecule has 0 saturated heterocycles. The first-order valence-corrected chi connectivity index (χ1v) is 6.08. The number of nitrogens with zero attached hydrogens (tertiary/aromatic N) is 2. The normalized spacial score (nSPS) is 17.4. The summed E-state index contributed by atoms with van der Waals surface area (Å²) in [7, 11) is 0. The zero-order valence-electron chi connectivity index (χ0n) is 10.3. The summed E-state index contributed by atoms with van der Waals surface area (Å²) < 4.78 is 29.1. The molecule has 0 aliphatic carbocycles. The van der Waals surface area contributed by atoms with Crippen molar-refractivity contribution >= 4 is 11.8 Å². The molecule has 1 unspecified atom stereocenters. The van der Waals surface area contributed by atoms with Gasteiger partial charge in [0.05, 0.1) is 6.04 Å². The molecule has 1 aliphatic rings. The molecular formula is C13H11F2N3O2. The van der Waals surface area contributed by atoms with E-state index in [4.69, 9.17) is 5.11 Å². The van der Waals surface area contributed by atoms with Gasteiger partial charge in [0.1, 0.15) is 17.5 Å². The summed E-state index contributed by atoms with van der Waals surface area (Å²) in [6, 6.07) is 4.36. The molecule has 5 nitrogen and oxygen atoms in total. The quantitative estimate of drug-likeness (QED) is 0.885. The summed E-state index contributed by atoms with van der Waals surface area (Å²) >= 11 is 0. The number of aromatic carboxylic acids is 1. The van der Waals surface area contributed by atoms with E-state index in [-0.39, 0.29) is 11.3 Å². The molecule has 0 saturated carbocycles. The summed E-state index contributed by atoms with van der Waals surface area (Å²) in [5.41, 5.74) is -0.244. The number of carboxylic acid groups (broad SMARTS) is 1. The topological polar surface area (TPSA) is 67.1 Å². The molecule has 7 heteroatoms. The van der Waals surface area contributed by atoms with Crippen molar-refractivity contribution in [3.8, 4) is 0 Å². The van der Waals surface area contributed by atoms with Gasteiger partial charge in [-0.2, -0.15) is 5.10 Å². The lowest BCUT2D eigenvalue weighted by molar-refractivity contribution is 0.0689. The average Bonchev–Trinajstić information content (AvgIpc) is 2.83. The largest absolute Gasteiger partial charge is 0.476 e. The number of carbonyl (C=O) groups is 1. The van der Waals surface area contributed by atoms with Gasteiger partial charge in [-0.05, 0) is 18.6 Å². The minimum absolute atomic E-state index is 0.0877. The summed E-state index contributed by atoms with van der Waals surface area (Å²) in [4.78, 5) is 10.9. The van der Waals surface area contributed by atoms with E-state index in [0.717, 1.165) is 0 Å². The Balaban J connectivity index is 2.12. The summed E-state index contributed by atoms with van der Waals surface area (Å²) in [6.07, 6.45) is 0.422. The lowest BCUT2D eigenvalue weighted by Crippen LogP contribution is -2.26.